The van der Waals surface area contributed by atoms with E-state index in [9.17, 15) is 9.59 Å². The van der Waals surface area contributed by atoms with Gasteiger partial charge in [0, 0.05) is 31.6 Å². The standard InChI is InChI=1S/C16H26O.C14H22O/c1-15-12-10-8-6-4-2-3-5-7-9-11-13-16(17)14-15;1-10(9-15)8-11(2)13-7-6-12(3)14(13,4)5/h15H,2-7,9,11-14H2,1H3;6,9-10,13H,2,7-8H2,1,3-5H3/t;10?,13-/m.1/s1. The van der Waals surface area contributed by atoms with Crippen molar-refractivity contribution in [3.8, 4) is 11.8 Å². The van der Waals surface area contributed by atoms with Gasteiger partial charge in [-0.3, -0.25) is 4.79 Å². The minimum absolute atomic E-state index is 0.106. The van der Waals surface area contributed by atoms with E-state index in [0.717, 1.165) is 51.2 Å². The Labute approximate surface area is 198 Å². The van der Waals surface area contributed by atoms with Crippen LogP contribution in [0.25, 0.3) is 0 Å². The zero-order valence-corrected chi connectivity index (χ0v) is 21.6. The molecule has 0 aromatic heterocycles. The van der Waals surface area contributed by atoms with Gasteiger partial charge in [0.25, 0.3) is 0 Å². The van der Waals surface area contributed by atoms with Gasteiger partial charge in [0.15, 0.2) is 0 Å². The van der Waals surface area contributed by atoms with Gasteiger partial charge in [-0.05, 0) is 49.9 Å². The van der Waals surface area contributed by atoms with Crippen LogP contribution in [0, 0.1) is 35.0 Å². The normalized spacial score (nSPS) is 25.5. The molecule has 2 nitrogen and oxygen atoms in total. The van der Waals surface area contributed by atoms with Crippen LogP contribution in [0.15, 0.2) is 23.8 Å². The number of hydrogen-bond donors (Lipinski definition) is 0. The second-order valence-corrected chi connectivity index (χ2v) is 10.8. The van der Waals surface area contributed by atoms with Gasteiger partial charge in [-0.25, -0.2) is 0 Å². The number of ketones is 1. The van der Waals surface area contributed by atoms with E-state index < -0.39 is 0 Å². The zero-order valence-electron chi connectivity index (χ0n) is 21.6. The quantitative estimate of drug-likeness (QED) is 0.250. The summed E-state index contributed by atoms with van der Waals surface area (Å²) in [5.41, 5.74) is 2.90. The van der Waals surface area contributed by atoms with Gasteiger partial charge >= 0.3 is 0 Å². The molecule has 0 N–H and O–H groups in total. The molecule has 2 unspecified atom stereocenters. The maximum atomic E-state index is 11.7. The second kappa shape index (κ2) is 15.3. The van der Waals surface area contributed by atoms with Gasteiger partial charge in [-0.1, -0.05) is 83.6 Å². The van der Waals surface area contributed by atoms with Crippen LogP contribution in [0.1, 0.15) is 118 Å². The number of allylic oxidation sites excluding steroid dienone is 3. The first-order valence-electron chi connectivity index (χ1n) is 13.0. The van der Waals surface area contributed by atoms with Crippen LogP contribution in [0.5, 0.6) is 0 Å². The first kappa shape index (κ1) is 28.4. The van der Waals surface area contributed by atoms with Crippen LogP contribution in [0.3, 0.4) is 0 Å². The summed E-state index contributed by atoms with van der Waals surface area (Å²) in [6, 6.07) is 0. The van der Waals surface area contributed by atoms with Crippen LogP contribution in [-0.2, 0) is 9.59 Å². The van der Waals surface area contributed by atoms with E-state index in [2.05, 4.69) is 52.2 Å². The molecule has 0 fully saturated rings. The number of Topliss-reactive ketones (excluding diaryl/α,β-unsaturated/α-hetero) is 1. The molecule has 0 aliphatic heterocycles. The summed E-state index contributed by atoms with van der Waals surface area (Å²) in [7, 11) is 0. The Morgan fingerprint density at radius 1 is 1.16 bits per heavy atom. The highest BCUT2D eigenvalue weighted by atomic mass is 16.1. The zero-order chi connectivity index (χ0) is 24.0. The molecule has 0 amide bonds. The summed E-state index contributed by atoms with van der Waals surface area (Å²) >= 11 is 0. The number of carbonyl (C=O) groups is 2. The highest BCUT2D eigenvalue weighted by Gasteiger charge is 2.36. The Morgan fingerprint density at radius 2 is 1.78 bits per heavy atom. The average Bonchev–Trinajstić information content (AvgIpc) is 3.00. The summed E-state index contributed by atoms with van der Waals surface area (Å²) in [6.07, 6.45) is 17.6. The highest BCUT2D eigenvalue weighted by molar-refractivity contribution is 5.78. The monoisotopic (exact) mass is 440 g/mol. The van der Waals surface area contributed by atoms with Crippen molar-refractivity contribution in [2.45, 2.75) is 118 Å². The van der Waals surface area contributed by atoms with Crippen molar-refractivity contribution in [2.24, 2.45) is 23.2 Å². The summed E-state index contributed by atoms with van der Waals surface area (Å²) in [6.45, 7) is 15.0. The fourth-order valence-corrected chi connectivity index (χ4v) is 4.73. The van der Waals surface area contributed by atoms with Crippen molar-refractivity contribution in [1.82, 2.24) is 0 Å². The molecule has 2 aliphatic carbocycles. The SMILES string of the molecule is C=C(CC(C)C=O)[C@H]1CC=C(C)C1(C)C.CC1CC#CCCCCCCCCCC(=O)C1. The van der Waals surface area contributed by atoms with Crippen molar-refractivity contribution >= 4 is 12.1 Å². The minimum atomic E-state index is 0.106. The van der Waals surface area contributed by atoms with E-state index in [0.29, 0.717) is 17.6 Å². The minimum Gasteiger partial charge on any atom is -0.303 e. The molecular weight excluding hydrogens is 392 g/mol. The van der Waals surface area contributed by atoms with Gasteiger partial charge in [0.1, 0.15) is 12.1 Å². The maximum Gasteiger partial charge on any atom is 0.133 e. The van der Waals surface area contributed by atoms with Crippen LogP contribution < -0.4 is 0 Å². The van der Waals surface area contributed by atoms with Gasteiger partial charge in [0.2, 0.25) is 0 Å². The Morgan fingerprint density at radius 3 is 2.38 bits per heavy atom. The van der Waals surface area contributed by atoms with Crippen LogP contribution in [0.4, 0.5) is 0 Å². The summed E-state index contributed by atoms with van der Waals surface area (Å²) < 4.78 is 0. The molecule has 2 heteroatoms. The van der Waals surface area contributed by atoms with E-state index in [1.54, 1.807) is 0 Å². The lowest BCUT2D eigenvalue weighted by Crippen LogP contribution is -2.22. The van der Waals surface area contributed by atoms with E-state index in [-0.39, 0.29) is 11.3 Å². The molecular formula is C30H48O2. The van der Waals surface area contributed by atoms with E-state index >= 15 is 0 Å². The second-order valence-electron chi connectivity index (χ2n) is 10.8. The molecule has 2 rings (SSSR count). The van der Waals surface area contributed by atoms with Gasteiger partial charge in [-0.15, -0.1) is 11.8 Å². The van der Waals surface area contributed by atoms with Crippen molar-refractivity contribution in [1.29, 1.82) is 0 Å². The van der Waals surface area contributed by atoms with Crippen LogP contribution >= 0.6 is 0 Å². The van der Waals surface area contributed by atoms with Crippen molar-refractivity contribution < 1.29 is 9.59 Å². The predicted octanol–water partition coefficient (Wildman–Crippen LogP) is 8.26. The smallest absolute Gasteiger partial charge is 0.133 e. The third-order valence-electron chi connectivity index (χ3n) is 7.27. The molecule has 0 saturated heterocycles. The Kier molecular flexibility index (Phi) is 13.5. The largest absolute Gasteiger partial charge is 0.303 e. The van der Waals surface area contributed by atoms with Crippen LogP contribution in [0.2, 0.25) is 0 Å². The summed E-state index contributed by atoms with van der Waals surface area (Å²) in [5, 5.41) is 0. The summed E-state index contributed by atoms with van der Waals surface area (Å²) in [4.78, 5) is 22.3. The maximum absolute atomic E-state index is 11.7. The van der Waals surface area contributed by atoms with Gasteiger partial charge in [0.05, 0.1) is 0 Å². The molecule has 0 aromatic rings. The van der Waals surface area contributed by atoms with Gasteiger partial charge in [-0.2, -0.15) is 0 Å². The van der Waals surface area contributed by atoms with E-state index in [1.165, 1.54) is 49.7 Å². The number of hydrogen-bond acceptors (Lipinski definition) is 2. The molecule has 0 bridgehead atoms. The van der Waals surface area contributed by atoms with E-state index in [1.807, 2.05) is 6.92 Å². The third-order valence-corrected chi connectivity index (χ3v) is 7.27. The lowest BCUT2D eigenvalue weighted by atomic mass is 9.73. The molecule has 0 radical (unpaired) electrons. The lowest BCUT2D eigenvalue weighted by Gasteiger charge is -2.31. The van der Waals surface area contributed by atoms with Gasteiger partial charge < -0.3 is 4.79 Å². The molecule has 180 valence electrons. The van der Waals surface area contributed by atoms with Crippen molar-refractivity contribution in [2.75, 3.05) is 0 Å². The van der Waals surface area contributed by atoms with Crippen molar-refractivity contribution in [3.05, 3.63) is 23.8 Å². The Hall–Kier alpha value is -1.62. The molecule has 32 heavy (non-hydrogen) atoms. The average molecular weight is 441 g/mol. The first-order valence-corrected chi connectivity index (χ1v) is 13.0. The predicted molar refractivity (Wildman–Crippen MR) is 137 cm³/mol. The fourth-order valence-electron chi connectivity index (χ4n) is 4.73. The van der Waals surface area contributed by atoms with Crippen molar-refractivity contribution in [3.63, 3.8) is 0 Å². The Bertz CT molecular complexity index is 685. The lowest BCUT2D eigenvalue weighted by molar-refractivity contribution is -0.120. The molecule has 3 atom stereocenters. The topological polar surface area (TPSA) is 34.1 Å². The molecule has 0 saturated carbocycles. The molecule has 0 heterocycles. The molecule has 0 spiro atoms. The summed E-state index contributed by atoms with van der Waals surface area (Å²) in [5.74, 6) is 7.96. The third kappa shape index (κ3) is 10.8. The number of carbonyl (C=O) groups excluding carboxylic acids is 2. The highest BCUT2D eigenvalue weighted by Crippen LogP contribution is 2.47. The molecule has 0 aromatic carbocycles. The number of aldehydes is 1. The fraction of sp³-hybridized carbons (Fsp3) is 0.733. The Balaban J connectivity index is 0.000000323. The van der Waals surface area contributed by atoms with E-state index in [4.69, 9.17) is 0 Å². The van der Waals surface area contributed by atoms with Crippen LogP contribution in [-0.4, -0.2) is 12.1 Å². The molecule has 2 aliphatic rings. The first-order chi connectivity index (χ1) is 15.2. The number of rotatable bonds is 4.